The molecule has 0 atom stereocenters. The van der Waals surface area contributed by atoms with Crippen LogP contribution < -0.4 is 0 Å². The lowest BCUT2D eigenvalue weighted by Crippen LogP contribution is -1.99. The van der Waals surface area contributed by atoms with Crippen LogP contribution in [0.3, 0.4) is 0 Å². The number of hydrogen-bond acceptors (Lipinski definition) is 2. The van der Waals surface area contributed by atoms with Crippen molar-refractivity contribution in [2.75, 3.05) is 6.61 Å². The zero-order valence-corrected chi connectivity index (χ0v) is 8.84. The molecule has 13 heavy (non-hydrogen) atoms. The molecule has 0 bridgehead atoms. The molecule has 0 spiro atoms. The van der Waals surface area contributed by atoms with E-state index in [1.807, 2.05) is 17.8 Å². The monoisotopic (exact) mass is 202 g/mol. The third-order valence-electron chi connectivity index (χ3n) is 1.68. The Bertz CT molecular complexity index is 260. The van der Waals surface area contributed by atoms with E-state index in [1.165, 1.54) is 0 Å². The molecule has 74 valence electrons. The Morgan fingerprint density at radius 1 is 1.54 bits per heavy atom. The average molecular weight is 203 g/mol. The number of aromatic nitrogens is 2. The van der Waals surface area contributed by atoms with Gasteiger partial charge in [0.25, 0.3) is 0 Å². The number of ether oxygens (including phenoxy) is 1. The second-order valence-corrected chi connectivity index (χ2v) is 3.23. The van der Waals surface area contributed by atoms with Gasteiger partial charge >= 0.3 is 0 Å². The fourth-order valence-electron chi connectivity index (χ4n) is 1.08. The van der Waals surface area contributed by atoms with Gasteiger partial charge < -0.3 is 4.74 Å². The lowest BCUT2D eigenvalue weighted by molar-refractivity contribution is 0.131. The van der Waals surface area contributed by atoms with Crippen LogP contribution in [0.1, 0.15) is 26.0 Å². The van der Waals surface area contributed by atoms with Crippen LogP contribution in [0, 0.1) is 0 Å². The third-order valence-corrected chi connectivity index (χ3v) is 2.00. The lowest BCUT2D eigenvalue weighted by atomic mass is 10.4. The minimum Gasteiger partial charge on any atom is -0.375 e. The van der Waals surface area contributed by atoms with Gasteiger partial charge in [0.05, 0.1) is 11.6 Å². The zero-order chi connectivity index (χ0) is 9.68. The molecule has 0 saturated heterocycles. The third kappa shape index (κ3) is 3.01. The van der Waals surface area contributed by atoms with Crippen LogP contribution in [0.4, 0.5) is 0 Å². The molecule has 0 aliphatic carbocycles. The van der Waals surface area contributed by atoms with Gasteiger partial charge in [0, 0.05) is 19.3 Å². The molecule has 1 aromatic rings. The van der Waals surface area contributed by atoms with Crippen molar-refractivity contribution in [2.24, 2.45) is 0 Å². The molecule has 1 aromatic heterocycles. The number of rotatable bonds is 5. The summed E-state index contributed by atoms with van der Waals surface area (Å²) in [7, 11) is 0. The second kappa shape index (κ2) is 5.25. The average Bonchev–Trinajstić information content (AvgIpc) is 2.44. The minimum absolute atomic E-state index is 0.506. The van der Waals surface area contributed by atoms with E-state index in [4.69, 9.17) is 16.3 Å². The van der Waals surface area contributed by atoms with Crippen molar-refractivity contribution in [3.05, 3.63) is 16.9 Å². The van der Waals surface area contributed by atoms with Gasteiger partial charge in [-0.05, 0) is 13.3 Å². The molecule has 3 nitrogen and oxygen atoms in total. The summed E-state index contributed by atoms with van der Waals surface area (Å²) >= 11 is 5.95. The van der Waals surface area contributed by atoms with Crippen molar-refractivity contribution < 1.29 is 4.74 Å². The summed E-state index contributed by atoms with van der Waals surface area (Å²) in [6, 6.07) is 0. The predicted molar refractivity (Wildman–Crippen MR) is 52.9 cm³/mol. The summed E-state index contributed by atoms with van der Waals surface area (Å²) in [5.74, 6) is 0. The smallest absolute Gasteiger partial charge is 0.107 e. The Morgan fingerprint density at radius 3 is 2.92 bits per heavy atom. The van der Waals surface area contributed by atoms with Crippen molar-refractivity contribution >= 4 is 11.6 Å². The summed E-state index contributed by atoms with van der Waals surface area (Å²) in [6.07, 6.45) is 2.91. The summed E-state index contributed by atoms with van der Waals surface area (Å²) < 4.78 is 7.09. The van der Waals surface area contributed by atoms with Crippen molar-refractivity contribution in [1.29, 1.82) is 0 Å². The Kier molecular flexibility index (Phi) is 4.25. The van der Waals surface area contributed by atoms with E-state index in [-0.39, 0.29) is 0 Å². The van der Waals surface area contributed by atoms with E-state index in [2.05, 4.69) is 12.0 Å². The molecule has 1 rings (SSSR count). The lowest BCUT2D eigenvalue weighted by Gasteiger charge is -1.97. The quantitative estimate of drug-likeness (QED) is 0.734. The van der Waals surface area contributed by atoms with E-state index in [1.54, 1.807) is 0 Å². The van der Waals surface area contributed by atoms with E-state index >= 15 is 0 Å². The van der Waals surface area contributed by atoms with Crippen molar-refractivity contribution in [2.45, 2.75) is 33.4 Å². The molecule has 0 unspecified atom stereocenters. The molecule has 0 radical (unpaired) electrons. The largest absolute Gasteiger partial charge is 0.375 e. The minimum atomic E-state index is 0.506. The van der Waals surface area contributed by atoms with Gasteiger partial charge in [0.2, 0.25) is 0 Å². The molecule has 0 aliphatic heterocycles. The molecular formula is C9H15ClN2O. The SMILES string of the molecule is CCCn1cc(Cl)c(COCC)n1. The molecule has 0 aliphatic rings. The number of nitrogens with zero attached hydrogens (tertiary/aromatic N) is 2. The topological polar surface area (TPSA) is 27.1 Å². The standard InChI is InChI=1S/C9H15ClN2O/c1-3-5-12-6-8(10)9(11-12)7-13-4-2/h6H,3-5,7H2,1-2H3. The van der Waals surface area contributed by atoms with Gasteiger partial charge in [0.1, 0.15) is 5.69 Å². The summed E-state index contributed by atoms with van der Waals surface area (Å²) in [4.78, 5) is 0. The fourth-order valence-corrected chi connectivity index (χ4v) is 1.28. The van der Waals surface area contributed by atoms with Gasteiger partial charge in [0.15, 0.2) is 0 Å². The summed E-state index contributed by atoms with van der Waals surface area (Å²) in [5, 5.41) is 4.99. The molecule has 4 heteroatoms. The Hall–Kier alpha value is -0.540. The van der Waals surface area contributed by atoms with Crippen LogP contribution >= 0.6 is 11.6 Å². The first-order valence-electron chi connectivity index (χ1n) is 4.57. The zero-order valence-electron chi connectivity index (χ0n) is 8.09. The normalized spacial score (nSPS) is 10.7. The summed E-state index contributed by atoms with van der Waals surface area (Å²) in [5.41, 5.74) is 0.831. The highest BCUT2D eigenvalue weighted by Gasteiger charge is 2.05. The van der Waals surface area contributed by atoms with Crippen molar-refractivity contribution in [1.82, 2.24) is 9.78 Å². The maximum absolute atomic E-state index is 5.95. The molecule has 1 heterocycles. The van der Waals surface area contributed by atoms with E-state index in [9.17, 15) is 0 Å². The maximum atomic E-state index is 5.95. The first kappa shape index (κ1) is 10.5. The van der Waals surface area contributed by atoms with Gasteiger partial charge in [-0.25, -0.2) is 0 Å². The molecule has 0 saturated carbocycles. The Balaban J connectivity index is 2.60. The van der Waals surface area contributed by atoms with E-state index < -0.39 is 0 Å². The fraction of sp³-hybridized carbons (Fsp3) is 0.667. The Morgan fingerprint density at radius 2 is 2.31 bits per heavy atom. The highest BCUT2D eigenvalue weighted by Crippen LogP contribution is 2.14. The van der Waals surface area contributed by atoms with E-state index in [0.717, 1.165) is 18.7 Å². The molecular weight excluding hydrogens is 188 g/mol. The molecule has 0 aromatic carbocycles. The van der Waals surface area contributed by atoms with Gasteiger partial charge in [-0.2, -0.15) is 5.10 Å². The molecule has 0 fully saturated rings. The molecule has 0 N–H and O–H groups in total. The van der Waals surface area contributed by atoms with E-state index in [0.29, 0.717) is 18.2 Å². The van der Waals surface area contributed by atoms with Gasteiger partial charge in [-0.1, -0.05) is 18.5 Å². The van der Waals surface area contributed by atoms with Crippen LogP contribution in [0.15, 0.2) is 6.20 Å². The number of aryl methyl sites for hydroxylation is 1. The maximum Gasteiger partial charge on any atom is 0.107 e. The highest BCUT2D eigenvalue weighted by atomic mass is 35.5. The first-order chi connectivity index (χ1) is 6.27. The van der Waals surface area contributed by atoms with Crippen LogP contribution in [-0.2, 0) is 17.9 Å². The number of halogens is 1. The second-order valence-electron chi connectivity index (χ2n) is 2.82. The van der Waals surface area contributed by atoms with Gasteiger partial charge in [-0.3, -0.25) is 4.68 Å². The Labute approximate surface area is 83.6 Å². The first-order valence-corrected chi connectivity index (χ1v) is 4.95. The van der Waals surface area contributed by atoms with Gasteiger partial charge in [-0.15, -0.1) is 0 Å². The molecule has 0 amide bonds. The van der Waals surface area contributed by atoms with Crippen LogP contribution in [-0.4, -0.2) is 16.4 Å². The highest BCUT2D eigenvalue weighted by molar-refractivity contribution is 6.31. The van der Waals surface area contributed by atoms with Crippen LogP contribution in [0.2, 0.25) is 5.02 Å². The van der Waals surface area contributed by atoms with Crippen molar-refractivity contribution in [3.63, 3.8) is 0 Å². The van der Waals surface area contributed by atoms with Crippen molar-refractivity contribution in [3.8, 4) is 0 Å². The number of hydrogen-bond donors (Lipinski definition) is 0. The summed E-state index contributed by atoms with van der Waals surface area (Å²) in [6.45, 7) is 6.17. The van der Waals surface area contributed by atoms with Crippen LogP contribution in [0.25, 0.3) is 0 Å². The van der Waals surface area contributed by atoms with Crippen LogP contribution in [0.5, 0.6) is 0 Å². The predicted octanol–water partition coefficient (Wildman–Crippen LogP) is 2.48.